The molecule has 0 aromatic rings. The fourth-order valence-corrected chi connectivity index (χ4v) is 1.13. The Morgan fingerprint density at radius 3 is 1.67 bits per heavy atom. The topological polar surface area (TPSA) is 54.4 Å². The molecule has 0 aromatic carbocycles. The molecule has 0 saturated carbocycles. The van der Waals surface area contributed by atoms with Crippen molar-refractivity contribution in [1.82, 2.24) is 0 Å². The van der Waals surface area contributed by atoms with Gasteiger partial charge in [0.15, 0.2) is 0 Å². The van der Waals surface area contributed by atoms with Gasteiger partial charge in [-0.3, -0.25) is 0 Å². The van der Waals surface area contributed by atoms with Crippen molar-refractivity contribution in [2.24, 2.45) is 0 Å². The molecule has 0 aliphatic carbocycles. The van der Waals surface area contributed by atoms with E-state index in [1.807, 2.05) is 0 Å². The quantitative estimate of drug-likeness (QED) is 0.242. The van der Waals surface area contributed by atoms with Crippen LogP contribution in [-0.2, 0) is 19.4 Å². The Morgan fingerprint density at radius 1 is 1.00 bits per heavy atom. The minimum Gasteiger partial charge on any atom is -0.439 e. The van der Waals surface area contributed by atoms with Crippen molar-refractivity contribution in [3.05, 3.63) is 6.92 Å². The number of hydrogen-bond donors (Lipinski definition) is 1. The van der Waals surface area contributed by atoms with Gasteiger partial charge in [0.1, 0.15) is 0 Å². The Labute approximate surface area is 139 Å². The zero-order valence-electron chi connectivity index (χ0n) is 10.0. The van der Waals surface area contributed by atoms with E-state index < -0.39 is 11.0 Å². The first-order valence-electron chi connectivity index (χ1n) is 5.22. The van der Waals surface area contributed by atoms with Gasteiger partial charge >= 0.3 is 51.4 Å². The average Bonchev–Trinajstić information content (AvgIpc) is 2.10. The van der Waals surface area contributed by atoms with Crippen LogP contribution in [0.3, 0.4) is 0 Å². The zero-order chi connectivity index (χ0) is 11.2. The van der Waals surface area contributed by atoms with E-state index in [9.17, 15) is 0 Å². The molecule has 15 heavy (non-hydrogen) atoms. The molecule has 0 rings (SSSR count). The van der Waals surface area contributed by atoms with Crippen LogP contribution >= 0.6 is 0 Å². The average molecular weight is 261 g/mol. The van der Waals surface area contributed by atoms with Gasteiger partial charge in [-0.25, -0.2) is 0 Å². The summed E-state index contributed by atoms with van der Waals surface area (Å²) in [5, 5.41) is 0. The van der Waals surface area contributed by atoms with E-state index in [-0.39, 0.29) is 51.4 Å². The van der Waals surface area contributed by atoms with Crippen molar-refractivity contribution in [3.63, 3.8) is 0 Å². The summed E-state index contributed by atoms with van der Waals surface area (Å²) in [6, 6.07) is 0. The summed E-state index contributed by atoms with van der Waals surface area (Å²) in [7, 11) is -2.86. The molecular weight excluding hydrogens is 239 g/mol. The van der Waals surface area contributed by atoms with Crippen LogP contribution < -0.4 is 51.4 Å². The van der Waals surface area contributed by atoms with Crippen LogP contribution in [-0.4, -0.2) is 4.55 Å². The summed E-state index contributed by atoms with van der Waals surface area (Å²) in [5.74, 6) is 0. The maximum absolute atomic E-state index is 8.56. The summed E-state index contributed by atoms with van der Waals surface area (Å²) in [4.78, 5) is 0. The van der Waals surface area contributed by atoms with E-state index in [0.717, 1.165) is 6.42 Å². The van der Waals surface area contributed by atoms with Gasteiger partial charge in [-0.05, 0) is 0 Å². The third-order valence-corrected chi connectivity index (χ3v) is 1.85. The molecular formula is C10H22KO3S. The van der Waals surface area contributed by atoms with Crippen molar-refractivity contribution in [1.29, 1.82) is 0 Å². The van der Waals surface area contributed by atoms with Crippen molar-refractivity contribution in [3.8, 4) is 0 Å². The molecule has 0 saturated heterocycles. The Bertz CT molecular complexity index is 145. The fraction of sp³-hybridized carbons (Fsp3) is 0.900. The van der Waals surface area contributed by atoms with E-state index in [2.05, 4.69) is 13.8 Å². The molecule has 0 unspecified atom stereocenters. The summed E-state index contributed by atoms with van der Waals surface area (Å²) in [6.45, 7) is 6.08. The Hall–Kier alpha value is 1.55. The molecule has 0 fully saturated rings. The first kappa shape index (κ1) is 21.8. The van der Waals surface area contributed by atoms with E-state index in [0.29, 0.717) is 0 Å². The van der Waals surface area contributed by atoms with Crippen LogP contribution in [0.5, 0.6) is 0 Å². The van der Waals surface area contributed by atoms with E-state index in [4.69, 9.17) is 13.0 Å². The van der Waals surface area contributed by atoms with E-state index >= 15 is 0 Å². The number of unbranched alkanes of at least 4 members (excludes halogenated alkanes) is 7. The maximum atomic E-state index is 8.56. The summed E-state index contributed by atoms with van der Waals surface area (Å²) < 4.78 is 24.1. The molecule has 0 aliphatic heterocycles. The van der Waals surface area contributed by atoms with Crippen molar-refractivity contribution in [2.45, 2.75) is 58.3 Å². The van der Waals surface area contributed by atoms with Gasteiger partial charge in [-0.15, -0.1) is 0 Å². The van der Waals surface area contributed by atoms with Gasteiger partial charge in [-0.1, -0.05) is 65.2 Å². The van der Waals surface area contributed by atoms with Gasteiger partial charge in [-0.2, -0.15) is 0 Å². The Morgan fingerprint density at radius 2 is 1.33 bits per heavy atom. The second-order valence-electron chi connectivity index (χ2n) is 3.19. The third kappa shape index (κ3) is 39.1. The van der Waals surface area contributed by atoms with Crippen LogP contribution in [0.1, 0.15) is 58.3 Å². The predicted octanol–water partition coefficient (Wildman–Crippen LogP) is 0.734. The molecule has 0 aliphatic rings. The van der Waals surface area contributed by atoms with E-state index in [1.54, 1.807) is 0 Å². The minimum absolute atomic E-state index is 0. The smallest absolute Gasteiger partial charge is 0.439 e. The van der Waals surface area contributed by atoms with Crippen molar-refractivity contribution >= 4 is 11.0 Å². The monoisotopic (exact) mass is 261 g/mol. The zero-order valence-corrected chi connectivity index (χ0v) is 14.0. The van der Waals surface area contributed by atoms with Crippen LogP contribution in [0.25, 0.3) is 0 Å². The van der Waals surface area contributed by atoms with Gasteiger partial charge < -0.3 is 13.0 Å². The SMILES string of the molecule is O=[S-](=O)O.[CH2]CCCCCCCCC.[K+]. The molecule has 1 N–H and O–H groups in total. The summed E-state index contributed by atoms with van der Waals surface area (Å²) in [6.07, 6.45) is 10.9. The molecule has 0 bridgehead atoms. The van der Waals surface area contributed by atoms with Gasteiger partial charge in [0, 0.05) is 11.0 Å². The molecule has 0 amide bonds. The minimum atomic E-state index is -2.86. The van der Waals surface area contributed by atoms with Gasteiger partial charge in [0.05, 0.1) is 0 Å². The third-order valence-electron chi connectivity index (χ3n) is 1.85. The van der Waals surface area contributed by atoms with Crippen molar-refractivity contribution in [2.75, 3.05) is 0 Å². The second-order valence-corrected chi connectivity index (χ2v) is 3.63. The fourth-order valence-electron chi connectivity index (χ4n) is 1.13. The standard InChI is InChI=1S/C10H21.K.HO3S/c1-3-5-7-9-10-8-6-4-2;;1-4(2)3/h1,3-10H2,2H3;;(H,1,2,3)/q;+1;-1. The molecule has 0 spiro atoms. The maximum Gasteiger partial charge on any atom is 1.00 e. The molecule has 0 atom stereocenters. The normalized spacial score (nSPS) is 9.07. The molecule has 1 radical (unpaired) electrons. The largest absolute Gasteiger partial charge is 1.00 e. The molecule has 87 valence electrons. The predicted molar refractivity (Wildman–Crippen MR) is 59.3 cm³/mol. The Balaban J connectivity index is -0.000000249. The second kappa shape index (κ2) is 20.9. The molecule has 0 aromatic heterocycles. The van der Waals surface area contributed by atoms with E-state index in [1.165, 1.54) is 44.9 Å². The van der Waals surface area contributed by atoms with Crippen LogP contribution in [0.4, 0.5) is 0 Å². The van der Waals surface area contributed by atoms with Crippen LogP contribution in [0.15, 0.2) is 0 Å². The van der Waals surface area contributed by atoms with Crippen molar-refractivity contribution < 1.29 is 64.4 Å². The first-order chi connectivity index (χ1) is 6.65. The summed E-state index contributed by atoms with van der Waals surface area (Å²) in [5.41, 5.74) is 0. The molecule has 0 heterocycles. The first-order valence-corrected chi connectivity index (χ1v) is 6.25. The van der Waals surface area contributed by atoms with Crippen LogP contribution in [0.2, 0.25) is 0 Å². The molecule has 3 nitrogen and oxygen atoms in total. The van der Waals surface area contributed by atoms with Gasteiger partial charge in [0.2, 0.25) is 0 Å². The van der Waals surface area contributed by atoms with Crippen LogP contribution in [0, 0.1) is 6.92 Å². The number of hydrogen-bond acceptors (Lipinski definition) is 3. The Kier molecular flexibility index (Phi) is 30.4. The van der Waals surface area contributed by atoms with Gasteiger partial charge in [0.25, 0.3) is 0 Å². The number of rotatable bonds is 7. The summed E-state index contributed by atoms with van der Waals surface area (Å²) >= 11 is 0. The molecule has 5 heteroatoms.